The molecule has 0 saturated heterocycles. The fourth-order valence-corrected chi connectivity index (χ4v) is 2.78. The standard InChI is InChI=1S/C14H20BrNO2/c1-17-9-8-16(7-6-15)11-13-10-12-4-2-3-5-14(12)18-13/h2-5,13H,6-11H2,1H3. The van der Waals surface area contributed by atoms with E-state index in [1.165, 1.54) is 5.56 Å². The van der Waals surface area contributed by atoms with Crippen LogP contribution in [0.5, 0.6) is 5.75 Å². The minimum atomic E-state index is 0.276. The molecule has 3 nitrogen and oxygen atoms in total. The van der Waals surface area contributed by atoms with Crippen molar-refractivity contribution in [2.24, 2.45) is 0 Å². The largest absolute Gasteiger partial charge is 0.488 e. The molecule has 0 amide bonds. The van der Waals surface area contributed by atoms with Crippen LogP contribution in [0.3, 0.4) is 0 Å². The maximum Gasteiger partial charge on any atom is 0.123 e. The topological polar surface area (TPSA) is 21.7 Å². The molecule has 1 heterocycles. The van der Waals surface area contributed by atoms with Crippen LogP contribution in [0, 0.1) is 0 Å². The zero-order valence-corrected chi connectivity index (χ0v) is 12.4. The first-order chi connectivity index (χ1) is 8.83. The lowest BCUT2D eigenvalue weighted by Crippen LogP contribution is -2.38. The molecule has 0 bridgehead atoms. The zero-order chi connectivity index (χ0) is 12.8. The molecular formula is C14H20BrNO2. The first-order valence-corrected chi connectivity index (χ1v) is 7.47. The van der Waals surface area contributed by atoms with E-state index in [1.807, 2.05) is 6.07 Å². The average Bonchev–Trinajstić information content (AvgIpc) is 2.78. The second kappa shape index (κ2) is 7.12. The minimum absolute atomic E-state index is 0.276. The summed E-state index contributed by atoms with van der Waals surface area (Å²) in [6.45, 7) is 3.72. The number of benzene rings is 1. The lowest BCUT2D eigenvalue weighted by molar-refractivity contribution is 0.115. The van der Waals surface area contributed by atoms with Gasteiger partial charge in [-0.05, 0) is 11.6 Å². The summed E-state index contributed by atoms with van der Waals surface area (Å²) in [5.41, 5.74) is 1.33. The lowest BCUT2D eigenvalue weighted by atomic mass is 10.1. The number of rotatable bonds is 7. The third kappa shape index (κ3) is 3.70. The van der Waals surface area contributed by atoms with Crippen LogP contribution >= 0.6 is 15.9 Å². The van der Waals surface area contributed by atoms with Crippen molar-refractivity contribution >= 4 is 15.9 Å². The molecule has 0 radical (unpaired) electrons. The normalized spacial score (nSPS) is 17.8. The molecule has 0 N–H and O–H groups in total. The van der Waals surface area contributed by atoms with Crippen molar-refractivity contribution in [1.29, 1.82) is 0 Å². The first-order valence-electron chi connectivity index (χ1n) is 6.35. The summed E-state index contributed by atoms with van der Waals surface area (Å²) in [5.74, 6) is 1.05. The molecule has 0 aromatic heterocycles. The highest BCUT2D eigenvalue weighted by molar-refractivity contribution is 9.09. The Morgan fingerprint density at radius 2 is 2.22 bits per heavy atom. The summed E-state index contributed by atoms with van der Waals surface area (Å²) >= 11 is 3.50. The van der Waals surface area contributed by atoms with Gasteiger partial charge in [0.2, 0.25) is 0 Å². The molecule has 1 aromatic carbocycles. The van der Waals surface area contributed by atoms with E-state index in [4.69, 9.17) is 9.47 Å². The monoisotopic (exact) mass is 313 g/mol. The van der Waals surface area contributed by atoms with Gasteiger partial charge in [0.25, 0.3) is 0 Å². The van der Waals surface area contributed by atoms with Gasteiger partial charge < -0.3 is 9.47 Å². The van der Waals surface area contributed by atoms with Gasteiger partial charge in [0.15, 0.2) is 0 Å². The Labute approximate surface area is 117 Å². The number of ether oxygens (including phenoxy) is 2. The van der Waals surface area contributed by atoms with Crippen molar-refractivity contribution in [3.8, 4) is 5.75 Å². The highest BCUT2D eigenvalue weighted by Crippen LogP contribution is 2.28. The van der Waals surface area contributed by atoms with Gasteiger partial charge in [-0.15, -0.1) is 0 Å². The number of fused-ring (bicyclic) bond motifs is 1. The van der Waals surface area contributed by atoms with Crippen molar-refractivity contribution < 1.29 is 9.47 Å². The molecule has 1 aromatic rings. The van der Waals surface area contributed by atoms with E-state index >= 15 is 0 Å². The van der Waals surface area contributed by atoms with Gasteiger partial charge in [0.1, 0.15) is 11.9 Å². The number of hydrogen-bond acceptors (Lipinski definition) is 3. The van der Waals surface area contributed by atoms with Crippen LogP contribution < -0.4 is 4.74 Å². The summed E-state index contributed by atoms with van der Waals surface area (Å²) in [4.78, 5) is 2.38. The third-order valence-electron chi connectivity index (χ3n) is 3.19. The van der Waals surface area contributed by atoms with Gasteiger partial charge in [0.05, 0.1) is 6.61 Å². The number of alkyl halides is 1. The zero-order valence-electron chi connectivity index (χ0n) is 10.8. The SMILES string of the molecule is COCCN(CCBr)CC1Cc2ccccc2O1. The molecule has 0 spiro atoms. The van der Waals surface area contributed by atoms with Crippen LogP contribution in [0.1, 0.15) is 5.56 Å². The molecular weight excluding hydrogens is 294 g/mol. The van der Waals surface area contributed by atoms with Crippen molar-refractivity contribution in [2.75, 3.05) is 38.7 Å². The molecule has 1 aliphatic rings. The predicted octanol–water partition coefficient (Wildman–Crippen LogP) is 2.33. The van der Waals surface area contributed by atoms with Gasteiger partial charge in [-0.1, -0.05) is 34.1 Å². The smallest absolute Gasteiger partial charge is 0.123 e. The Balaban J connectivity index is 1.86. The summed E-state index contributed by atoms with van der Waals surface area (Å²) < 4.78 is 11.1. The second-order valence-electron chi connectivity index (χ2n) is 4.53. The number of nitrogens with zero attached hydrogens (tertiary/aromatic N) is 1. The Hall–Kier alpha value is -0.580. The molecule has 1 atom stereocenters. The molecule has 18 heavy (non-hydrogen) atoms. The summed E-state index contributed by atoms with van der Waals surface area (Å²) in [6, 6.07) is 8.31. The van der Waals surface area contributed by atoms with Crippen LogP contribution in [0.2, 0.25) is 0 Å². The molecule has 0 fully saturated rings. The molecule has 100 valence electrons. The third-order valence-corrected chi connectivity index (χ3v) is 3.54. The minimum Gasteiger partial charge on any atom is -0.488 e. The van der Waals surface area contributed by atoms with Gasteiger partial charge >= 0.3 is 0 Å². The summed E-state index contributed by atoms with van der Waals surface area (Å²) in [5, 5.41) is 0.983. The first kappa shape index (κ1) is 13.8. The lowest BCUT2D eigenvalue weighted by Gasteiger charge is -2.24. The highest BCUT2D eigenvalue weighted by Gasteiger charge is 2.24. The maximum atomic E-state index is 5.97. The Bertz CT molecular complexity index is 348. The molecule has 1 aliphatic heterocycles. The second-order valence-corrected chi connectivity index (χ2v) is 5.33. The fraction of sp³-hybridized carbons (Fsp3) is 0.571. The van der Waals surface area contributed by atoms with Crippen molar-refractivity contribution in [3.05, 3.63) is 29.8 Å². The fourth-order valence-electron chi connectivity index (χ4n) is 2.28. The van der Waals surface area contributed by atoms with Crippen LogP contribution in [-0.2, 0) is 11.2 Å². The Morgan fingerprint density at radius 3 is 2.94 bits per heavy atom. The molecule has 2 rings (SSSR count). The van der Waals surface area contributed by atoms with Crippen molar-refractivity contribution in [2.45, 2.75) is 12.5 Å². The summed E-state index contributed by atoms with van der Waals surface area (Å²) in [6.07, 6.45) is 1.29. The van der Waals surface area contributed by atoms with E-state index in [0.717, 1.165) is 43.7 Å². The van der Waals surface area contributed by atoms with Gasteiger partial charge in [-0.3, -0.25) is 4.90 Å². The Morgan fingerprint density at radius 1 is 1.39 bits per heavy atom. The maximum absolute atomic E-state index is 5.97. The van der Waals surface area contributed by atoms with Gasteiger partial charge in [-0.25, -0.2) is 0 Å². The molecule has 0 aliphatic carbocycles. The number of para-hydroxylation sites is 1. The van der Waals surface area contributed by atoms with E-state index < -0.39 is 0 Å². The number of methoxy groups -OCH3 is 1. The quantitative estimate of drug-likeness (QED) is 0.721. The molecule has 1 unspecified atom stereocenters. The average molecular weight is 314 g/mol. The van der Waals surface area contributed by atoms with Crippen LogP contribution in [0.15, 0.2) is 24.3 Å². The van der Waals surface area contributed by atoms with E-state index in [1.54, 1.807) is 7.11 Å². The highest BCUT2D eigenvalue weighted by atomic mass is 79.9. The van der Waals surface area contributed by atoms with E-state index in [0.29, 0.717) is 0 Å². The summed E-state index contributed by atoms with van der Waals surface area (Å²) in [7, 11) is 1.74. The number of halogens is 1. The molecule has 4 heteroatoms. The van der Waals surface area contributed by atoms with Crippen molar-refractivity contribution in [1.82, 2.24) is 4.90 Å². The molecule has 0 saturated carbocycles. The van der Waals surface area contributed by atoms with Crippen LogP contribution in [-0.4, -0.2) is 49.7 Å². The van der Waals surface area contributed by atoms with E-state index in [9.17, 15) is 0 Å². The van der Waals surface area contributed by atoms with E-state index in [2.05, 4.69) is 39.0 Å². The Kier molecular flexibility index (Phi) is 5.47. The van der Waals surface area contributed by atoms with E-state index in [-0.39, 0.29) is 6.10 Å². The van der Waals surface area contributed by atoms with Crippen LogP contribution in [0.25, 0.3) is 0 Å². The van der Waals surface area contributed by atoms with Gasteiger partial charge in [0, 0.05) is 38.5 Å². The van der Waals surface area contributed by atoms with Gasteiger partial charge in [-0.2, -0.15) is 0 Å². The predicted molar refractivity (Wildman–Crippen MR) is 76.7 cm³/mol. The van der Waals surface area contributed by atoms with Crippen LogP contribution in [0.4, 0.5) is 0 Å². The van der Waals surface area contributed by atoms with Crippen molar-refractivity contribution in [3.63, 3.8) is 0 Å². The number of hydrogen-bond donors (Lipinski definition) is 0.